The number of fused-ring (bicyclic) bond motifs is 1. The van der Waals surface area contributed by atoms with Gasteiger partial charge in [0.25, 0.3) is 5.56 Å². The molecule has 0 amide bonds. The van der Waals surface area contributed by atoms with Gasteiger partial charge in [-0.1, -0.05) is 55.3 Å². The van der Waals surface area contributed by atoms with E-state index in [1.54, 1.807) is 0 Å². The van der Waals surface area contributed by atoms with Crippen LogP contribution >= 0.6 is 0 Å². The molecule has 3 heterocycles. The predicted octanol–water partition coefficient (Wildman–Crippen LogP) is 4.15. The summed E-state index contributed by atoms with van der Waals surface area (Å²) in [6.45, 7) is 8.64. The highest BCUT2D eigenvalue weighted by molar-refractivity contribution is 5.83. The monoisotopic (exact) mass is 497 g/mol. The summed E-state index contributed by atoms with van der Waals surface area (Å²) in [4.78, 5) is 21.7. The SMILES string of the molecule is Cc1ccc2cc([C@@H](c3nnnn3C3CCCC3)N3CCN(Cc4ccccc4)CC3)c(=O)[nH]c2c1C. The maximum Gasteiger partial charge on any atom is 0.253 e. The Labute approximate surface area is 217 Å². The number of aromatic amines is 1. The van der Waals surface area contributed by atoms with E-state index in [2.05, 4.69) is 92.7 Å². The van der Waals surface area contributed by atoms with Gasteiger partial charge in [-0.2, -0.15) is 0 Å². The standard InChI is InChI=1S/C29H35N7O/c1-20-12-13-23-18-25(29(37)30-26(23)21(20)2)27(28-31-32-33-36(28)24-10-6-7-11-24)35-16-14-34(15-17-35)19-22-8-4-3-5-9-22/h3-5,8-9,12-13,18,24,27H,6-7,10-11,14-17,19H2,1-2H3,(H,30,37)/t27-/m0/s1. The number of pyridine rings is 1. The zero-order valence-electron chi connectivity index (χ0n) is 21.7. The van der Waals surface area contributed by atoms with Crippen molar-refractivity contribution in [1.82, 2.24) is 35.0 Å². The molecule has 8 heteroatoms. The Balaban J connectivity index is 1.36. The van der Waals surface area contributed by atoms with Crippen molar-refractivity contribution in [2.45, 2.75) is 58.2 Å². The molecular weight excluding hydrogens is 462 g/mol. The summed E-state index contributed by atoms with van der Waals surface area (Å²) in [6.07, 6.45) is 4.56. The lowest BCUT2D eigenvalue weighted by molar-refractivity contribution is 0.0989. The predicted molar refractivity (Wildman–Crippen MR) is 144 cm³/mol. The van der Waals surface area contributed by atoms with E-state index in [9.17, 15) is 4.79 Å². The average molecular weight is 498 g/mol. The van der Waals surface area contributed by atoms with Crippen molar-refractivity contribution in [3.05, 3.63) is 87.0 Å². The molecule has 1 saturated heterocycles. The highest BCUT2D eigenvalue weighted by Gasteiger charge is 2.34. The molecule has 1 atom stereocenters. The van der Waals surface area contributed by atoms with Gasteiger partial charge in [-0.05, 0) is 65.3 Å². The van der Waals surface area contributed by atoms with Crippen LogP contribution in [-0.4, -0.2) is 61.2 Å². The number of H-pyrrole nitrogens is 1. The summed E-state index contributed by atoms with van der Waals surface area (Å²) >= 11 is 0. The fraction of sp³-hybridized carbons (Fsp3) is 0.448. The van der Waals surface area contributed by atoms with Gasteiger partial charge in [0.1, 0.15) is 6.04 Å². The first-order valence-corrected chi connectivity index (χ1v) is 13.5. The summed E-state index contributed by atoms with van der Waals surface area (Å²) in [5.41, 5.74) is 5.19. The number of piperazine rings is 1. The van der Waals surface area contributed by atoms with Crippen LogP contribution in [0.1, 0.15) is 65.8 Å². The molecule has 1 aliphatic carbocycles. The fourth-order valence-electron chi connectivity index (χ4n) is 6.05. The van der Waals surface area contributed by atoms with Gasteiger partial charge in [0.15, 0.2) is 5.82 Å². The first-order chi connectivity index (χ1) is 18.1. The van der Waals surface area contributed by atoms with Gasteiger partial charge in [-0.15, -0.1) is 5.10 Å². The quantitative estimate of drug-likeness (QED) is 0.431. The molecule has 1 aliphatic heterocycles. The topological polar surface area (TPSA) is 82.9 Å². The first-order valence-electron chi connectivity index (χ1n) is 13.5. The third-order valence-electron chi connectivity index (χ3n) is 8.33. The second-order valence-corrected chi connectivity index (χ2v) is 10.6. The molecule has 2 aromatic heterocycles. The largest absolute Gasteiger partial charge is 0.321 e. The van der Waals surface area contributed by atoms with E-state index < -0.39 is 0 Å². The maximum absolute atomic E-state index is 13.6. The minimum atomic E-state index is -0.288. The Hall–Kier alpha value is -3.36. The highest BCUT2D eigenvalue weighted by atomic mass is 16.1. The molecule has 0 radical (unpaired) electrons. The van der Waals surface area contributed by atoms with Crippen molar-refractivity contribution in [3.8, 4) is 0 Å². The van der Waals surface area contributed by atoms with Crippen molar-refractivity contribution < 1.29 is 0 Å². The summed E-state index contributed by atoms with van der Waals surface area (Å²) in [5, 5.41) is 14.1. The number of aryl methyl sites for hydroxylation is 2. The smallest absolute Gasteiger partial charge is 0.253 e. The van der Waals surface area contributed by atoms with Gasteiger partial charge in [-0.3, -0.25) is 14.6 Å². The molecule has 2 aliphatic rings. The minimum Gasteiger partial charge on any atom is -0.321 e. The molecule has 0 bridgehead atoms. The molecule has 4 aromatic rings. The second kappa shape index (κ2) is 10.2. The lowest BCUT2D eigenvalue weighted by Crippen LogP contribution is -2.48. The Bertz CT molecular complexity index is 1430. The molecule has 2 fully saturated rings. The van der Waals surface area contributed by atoms with Gasteiger partial charge >= 0.3 is 0 Å². The van der Waals surface area contributed by atoms with Gasteiger partial charge in [0.2, 0.25) is 0 Å². The van der Waals surface area contributed by atoms with Gasteiger partial charge in [-0.25, -0.2) is 4.68 Å². The third-order valence-corrected chi connectivity index (χ3v) is 8.33. The van der Waals surface area contributed by atoms with Crippen LogP contribution in [0.2, 0.25) is 0 Å². The Morgan fingerprint density at radius 1 is 1.00 bits per heavy atom. The number of rotatable bonds is 6. The molecule has 0 unspecified atom stereocenters. The number of nitrogens with one attached hydrogen (secondary N) is 1. The number of tetrazole rings is 1. The van der Waals surface area contributed by atoms with E-state index in [0.717, 1.165) is 73.4 Å². The van der Waals surface area contributed by atoms with Crippen molar-refractivity contribution in [2.24, 2.45) is 0 Å². The van der Waals surface area contributed by atoms with Crippen LogP contribution in [0, 0.1) is 13.8 Å². The van der Waals surface area contributed by atoms with Crippen LogP contribution in [-0.2, 0) is 6.54 Å². The molecule has 192 valence electrons. The van der Waals surface area contributed by atoms with Gasteiger partial charge < -0.3 is 4.98 Å². The lowest BCUT2D eigenvalue weighted by Gasteiger charge is -2.39. The van der Waals surface area contributed by atoms with E-state index in [1.165, 1.54) is 24.0 Å². The summed E-state index contributed by atoms with van der Waals surface area (Å²) in [5.74, 6) is 0.789. The summed E-state index contributed by atoms with van der Waals surface area (Å²) < 4.78 is 2.01. The first kappa shape index (κ1) is 24.0. The Morgan fingerprint density at radius 2 is 1.76 bits per heavy atom. The number of nitrogens with zero attached hydrogens (tertiary/aromatic N) is 6. The Morgan fingerprint density at radius 3 is 2.51 bits per heavy atom. The average Bonchev–Trinajstić information content (AvgIpc) is 3.61. The number of hydrogen-bond donors (Lipinski definition) is 1. The molecule has 37 heavy (non-hydrogen) atoms. The van der Waals surface area contributed by atoms with Crippen molar-refractivity contribution in [3.63, 3.8) is 0 Å². The maximum atomic E-state index is 13.6. The summed E-state index contributed by atoms with van der Waals surface area (Å²) in [7, 11) is 0. The molecule has 1 saturated carbocycles. The van der Waals surface area contributed by atoms with Gasteiger partial charge in [0, 0.05) is 38.3 Å². The van der Waals surface area contributed by atoms with E-state index in [4.69, 9.17) is 0 Å². The van der Waals surface area contributed by atoms with E-state index in [1.807, 2.05) is 4.68 Å². The second-order valence-electron chi connectivity index (χ2n) is 10.6. The normalized spacial score (nSPS) is 18.5. The zero-order valence-corrected chi connectivity index (χ0v) is 21.7. The zero-order chi connectivity index (χ0) is 25.4. The van der Waals surface area contributed by atoms with E-state index >= 15 is 0 Å². The van der Waals surface area contributed by atoms with E-state index in [-0.39, 0.29) is 11.6 Å². The van der Waals surface area contributed by atoms with Crippen LogP contribution < -0.4 is 5.56 Å². The van der Waals surface area contributed by atoms with Crippen molar-refractivity contribution >= 4 is 10.9 Å². The van der Waals surface area contributed by atoms with Crippen LogP contribution in [0.5, 0.6) is 0 Å². The van der Waals surface area contributed by atoms with Crippen LogP contribution in [0.4, 0.5) is 0 Å². The van der Waals surface area contributed by atoms with Crippen LogP contribution in [0.3, 0.4) is 0 Å². The molecular formula is C29H35N7O. The summed E-state index contributed by atoms with van der Waals surface area (Å²) in [6, 6.07) is 16.9. The number of benzene rings is 2. The third kappa shape index (κ3) is 4.71. The molecule has 8 nitrogen and oxygen atoms in total. The number of hydrogen-bond acceptors (Lipinski definition) is 6. The molecule has 0 spiro atoms. The lowest BCUT2D eigenvalue weighted by atomic mass is 9.99. The molecule has 1 N–H and O–H groups in total. The molecule has 6 rings (SSSR count). The van der Waals surface area contributed by atoms with E-state index in [0.29, 0.717) is 6.04 Å². The van der Waals surface area contributed by atoms with Crippen molar-refractivity contribution in [2.75, 3.05) is 26.2 Å². The molecule has 2 aromatic carbocycles. The highest BCUT2D eigenvalue weighted by Crippen LogP contribution is 2.34. The number of aromatic nitrogens is 5. The van der Waals surface area contributed by atoms with Crippen LogP contribution in [0.15, 0.2) is 53.3 Å². The van der Waals surface area contributed by atoms with Crippen molar-refractivity contribution in [1.29, 1.82) is 0 Å². The minimum absolute atomic E-state index is 0.0566. The van der Waals surface area contributed by atoms with Gasteiger partial charge in [0.05, 0.1) is 11.6 Å². The van der Waals surface area contributed by atoms with Crippen LogP contribution in [0.25, 0.3) is 10.9 Å². The Kier molecular flexibility index (Phi) is 6.61. The fourth-order valence-corrected chi connectivity index (χ4v) is 6.05.